The van der Waals surface area contributed by atoms with E-state index >= 15 is 0 Å². The molecule has 1 saturated heterocycles. The molecular formula is C10H17N5O5S. The first kappa shape index (κ1) is 15.5. The minimum atomic E-state index is -3.24. The lowest BCUT2D eigenvalue weighted by molar-refractivity contribution is -0.711. The van der Waals surface area contributed by atoms with Crippen LogP contribution >= 0.6 is 0 Å². The molecule has 0 bridgehead atoms. The number of ether oxygens (including phenoxy) is 1. The van der Waals surface area contributed by atoms with Gasteiger partial charge < -0.3 is 9.84 Å². The van der Waals surface area contributed by atoms with E-state index in [0.717, 1.165) is 6.26 Å². The highest BCUT2D eigenvalue weighted by Gasteiger charge is 2.40. The van der Waals surface area contributed by atoms with Crippen molar-refractivity contribution in [2.24, 2.45) is 5.28 Å². The van der Waals surface area contributed by atoms with E-state index < -0.39 is 16.0 Å². The third-order valence-corrected chi connectivity index (χ3v) is 4.35. The molecule has 0 aromatic carbocycles. The van der Waals surface area contributed by atoms with Gasteiger partial charge in [-0.15, -0.1) is 0 Å². The van der Waals surface area contributed by atoms with Crippen LogP contribution in [0.25, 0.3) is 0 Å². The van der Waals surface area contributed by atoms with Crippen LogP contribution in [0.3, 0.4) is 0 Å². The fraction of sp³-hybridized carbons (Fsp3) is 0.700. The lowest BCUT2D eigenvalue weighted by Gasteiger charge is -2.29. The molecule has 0 saturated carbocycles. The summed E-state index contributed by atoms with van der Waals surface area (Å²) < 4.78 is 29.1. The maximum absolute atomic E-state index is 11.8. The average molecular weight is 319 g/mol. The van der Waals surface area contributed by atoms with Crippen LogP contribution in [0.5, 0.6) is 0 Å². The van der Waals surface area contributed by atoms with Crippen molar-refractivity contribution in [3.63, 3.8) is 0 Å². The van der Waals surface area contributed by atoms with E-state index in [2.05, 4.69) is 5.28 Å². The van der Waals surface area contributed by atoms with Crippen LogP contribution in [0, 0.1) is 5.41 Å². The normalized spacial score (nSPS) is 22.9. The first-order chi connectivity index (χ1) is 9.84. The van der Waals surface area contributed by atoms with Gasteiger partial charge in [-0.05, 0) is 6.61 Å². The van der Waals surface area contributed by atoms with Crippen LogP contribution in [0.15, 0.2) is 16.9 Å². The molecule has 2 aliphatic heterocycles. The van der Waals surface area contributed by atoms with Crippen molar-refractivity contribution in [3.05, 3.63) is 11.6 Å². The molecule has 21 heavy (non-hydrogen) atoms. The van der Waals surface area contributed by atoms with Gasteiger partial charge in [-0.3, -0.25) is 10.2 Å². The molecule has 2 rings (SSSR count). The molecule has 0 aromatic heterocycles. The van der Waals surface area contributed by atoms with Gasteiger partial charge in [0, 0.05) is 13.1 Å². The smallest absolute Gasteiger partial charge is 0.354 e. The number of hydrazine groups is 1. The predicted molar refractivity (Wildman–Crippen MR) is 68.1 cm³/mol. The number of hydrogen-bond acceptors (Lipinski definition) is 8. The number of nitrogens with zero attached hydrogens (tertiary/aromatic N) is 4. The highest BCUT2D eigenvalue weighted by Crippen LogP contribution is 2.18. The molecule has 2 heterocycles. The summed E-state index contributed by atoms with van der Waals surface area (Å²) >= 11 is 0. The van der Waals surface area contributed by atoms with Crippen LogP contribution in [0.1, 0.15) is 6.92 Å². The molecule has 0 aromatic rings. The molecule has 10 nitrogen and oxygen atoms in total. The summed E-state index contributed by atoms with van der Waals surface area (Å²) in [6.45, 7) is 3.03. The molecule has 0 unspecified atom stereocenters. The van der Waals surface area contributed by atoms with Crippen molar-refractivity contribution in [3.8, 4) is 0 Å². The lowest BCUT2D eigenvalue weighted by Crippen LogP contribution is -2.51. The molecule has 1 fully saturated rings. The van der Waals surface area contributed by atoms with Gasteiger partial charge in [0.15, 0.2) is 0 Å². The van der Waals surface area contributed by atoms with Crippen LogP contribution in [0.4, 0.5) is 0 Å². The first-order valence-corrected chi connectivity index (χ1v) is 8.20. The summed E-state index contributed by atoms with van der Waals surface area (Å²) in [5.74, 6) is -1.09. The topological polar surface area (TPSA) is 121 Å². The fourth-order valence-electron chi connectivity index (χ4n) is 2.02. The maximum Gasteiger partial charge on any atom is 0.354 e. The molecule has 0 amide bonds. The van der Waals surface area contributed by atoms with Crippen LogP contribution in [-0.2, 0) is 19.6 Å². The van der Waals surface area contributed by atoms with Gasteiger partial charge in [0.25, 0.3) is 0 Å². The Hall–Kier alpha value is -1.88. The van der Waals surface area contributed by atoms with Gasteiger partial charge in [0.2, 0.25) is 15.3 Å². The predicted octanol–water partition coefficient (Wildman–Crippen LogP) is -1.57. The second-order valence-electron chi connectivity index (χ2n) is 4.48. The third kappa shape index (κ3) is 3.24. The summed E-state index contributed by atoms with van der Waals surface area (Å²) in [5.41, 5.74) is -0.107. The summed E-state index contributed by atoms with van der Waals surface area (Å²) in [4.78, 5) is 5.88. The zero-order valence-corrected chi connectivity index (χ0v) is 12.6. The molecule has 0 aliphatic carbocycles. The van der Waals surface area contributed by atoms with Crippen LogP contribution < -0.4 is 5.11 Å². The average Bonchev–Trinajstić information content (AvgIpc) is 2.80. The van der Waals surface area contributed by atoms with Crippen LogP contribution in [-0.4, -0.2) is 67.5 Å². The SMILES string of the molecule is CCOC([O-])=C1C(=N)ON=[N+]1N1CCN(S(C)(=O)=O)CC1. The largest absolute Gasteiger partial charge is 0.609 e. The van der Waals surface area contributed by atoms with Crippen molar-refractivity contribution in [1.29, 1.82) is 5.41 Å². The highest BCUT2D eigenvalue weighted by molar-refractivity contribution is 7.88. The van der Waals surface area contributed by atoms with E-state index in [0.29, 0.717) is 13.1 Å². The van der Waals surface area contributed by atoms with Crippen molar-refractivity contribution < 1.29 is 27.9 Å². The Bertz CT molecular complexity index is 591. The van der Waals surface area contributed by atoms with Crippen molar-refractivity contribution in [2.75, 3.05) is 39.0 Å². The number of hydrogen-bond donors (Lipinski definition) is 1. The molecule has 2 aliphatic rings. The number of rotatable bonds is 4. The maximum atomic E-state index is 11.8. The molecule has 11 heteroatoms. The van der Waals surface area contributed by atoms with Gasteiger partial charge >= 0.3 is 11.6 Å². The Morgan fingerprint density at radius 3 is 2.62 bits per heavy atom. The number of sulfonamides is 1. The van der Waals surface area contributed by atoms with Gasteiger partial charge in [-0.2, -0.15) is 9.31 Å². The molecule has 1 N–H and O–H groups in total. The number of nitrogens with one attached hydrogen (secondary N) is 1. The van der Waals surface area contributed by atoms with Crippen molar-refractivity contribution in [2.45, 2.75) is 6.92 Å². The van der Waals surface area contributed by atoms with Gasteiger partial charge in [-0.25, -0.2) is 8.42 Å². The second kappa shape index (κ2) is 5.85. The Morgan fingerprint density at radius 1 is 1.48 bits per heavy atom. The molecule has 0 atom stereocenters. The van der Waals surface area contributed by atoms with E-state index in [-0.39, 0.29) is 31.3 Å². The van der Waals surface area contributed by atoms with E-state index in [1.807, 2.05) is 0 Å². The molecular weight excluding hydrogens is 302 g/mol. The second-order valence-corrected chi connectivity index (χ2v) is 6.46. The quantitative estimate of drug-likeness (QED) is 0.493. The third-order valence-electron chi connectivity index (χ3n) is 3.05. The summed E-state index contributed by atoms with van der Waals surface area (Å²) in [6, 6.07) is 0. The van der Waals surface area contributed by atoms with Crippen molar-refractivity contribution >= 4 is 15.9 Å². The van der Waals surface area contributed by atoms with E-state index in [1.165, 1.54) is 9.11 Å². The molecule has 0 radical (unpaired) electrons. The van der Waals surface area contributed by atoms with Gasteiger partial charge in [-0.1, -0.05) is 6.92 Å². The van der Waals surface area contributed by atoms with Crippen LogP contribution in [0.2, 0.25) is 0 Å². The van der Waals surface area contributed by atoms with Crippen molar-refractivity contribution in [1.82, 2.24) is 9.31 Å². The Kier molecular flexibility index (Phi) is 4.32. The first-order valence-electron chi connectivity index (χ1n) is 6.35. The molecule has 118 valence electrons. The Balaban J connectivity index is 2.13. The lowest BCUT2D eigenvalue weighted by atomic mass is 10.4. The monoisotopic (exact) mass is 319 g/mol. The Labute approximate surface area is 122 Å². The summed E-state index contributed by atoms with van der Waals surface area (Å²) in [6.07, 6.45) is 1.15. The minimum Gasteiger partial charge on any atom is -0.609 e. The van der Waals surface area contributed by atoms with Gasteiger partial charge in [0.05, 0.1) is 24.2 Å². The zero-order chi connectivity index (χ0) is 15.6. The standard InChI is InChI=1S/C10H17N5O5S/c1-3-19-10(16)8-9(11)20-12-15(8)13-4-6-14(7-5-13)21(2,17)18/h3-7H2,1-2H3,(H-,11,12,16). The highest BCUT2D eigenvalue weighted by atomic mass is 32.2. The molecule has 0 spiro atoms. The fourth-order valence-corrected chi connectivity index (χ4v) is 2.85. The zero-order valence-electron chi connectivity index (χ0n) is 11.8. The number of piperazine rings is 1. The van der Waals surface area contributed by atoms with E-state index in [4.69, 9.17) is 15.0 Å². The van der Waals surface area contributed by atoms with E-state index in [9.17, 15) is 13.5 Å². The van der Waals surface area contributed by atoms with E-state index in [1.54, 1.807) is 11.9 Å². The minimum absolute atomic E-state index is 0.107. The van der Waals surface area contributed by atoms with Gasteiger partial charge in [0.1, 0.15) is 5.95 Å². The summed E-state index contributed by atoms with van der Waals surface area (Å²) in [5, 5.41) is 24.7. The Morgan fingerprint density at radius 2 is 2.10 bits per heavy atom. The summed E-state index contributed by atoms with van der Waals surface area (Å²) in [7, 11) is -3.24.